The lowest BCUT2D eigenvalue weighted by Crippen LogP contribution is -2.48. The molecule has 4 heteroatoms. The topological polar surface area (TPSA) is 42.1 Å². The summed E-state index contributed by atoms with van der Waals surface area (Å²) in [5.74, 6) is 1.32. The minimum absolute atomic E-state index is 0.411. The second-order valence-corrected chi connectivity index (χ2v) is 5.30. The number of nitrogens with zero attached hydrogens (tertiary/aromatic N) is 2. The fraction of sp³-hybridized carbons (Fsp3) is 0.583. The Morgan fingerprint density at radius 1 is 1.31 bits per heavy atom. The Morgan fingerprint density at radius 2 is 2.00 bits per heavy atom. The van der Waals surface area contributed by atoms with Crippen LogP contribution >= 0.6 is 11.6 Å². The first-order valence-electron chi connectivity index (χ1n) is 5.86. The number of aromatic nitrogens is 1. The van der Waals surface area contributed by atoms with Gasteiger partial charge in [-0.1, -0.05) is 11.6 Å². The predicted molar refractivity (Wildman–Crippen MR) is 65.6 cm³/mol. The van der Waals surface area contributed by atoms with Gasteiger partial charge in [0.2, 0.25) is 0 Å². The number of hydrogen-bond acceptors (Lipinski definition) is 3. The molecular formula is C12H16ClN3. The molecule has 2 N–H and O–H groups in total. The van der Waals surface area contributed by atoms with Crippen LogP contribution in [-0.2, 0) is 0 Å². The summed E-state index contributed by atoms with van der Waals surface area (Å²) in [7, 11) is 0. The summed E-state index contributed by atoms with van der Waals surface area (Å²) in [6, 6.07) is 4.38. The van der Waals surface area contributed by atoms with Crippen molar-refractivity contribution in [3.05, 3.63) is 23.5 Å². The fourth-order valence-corrected chi connectivity index (χ4v) is 3.23. The number of rotatable bonds is 1. The van der Waals surface area contributed by atoms with Crippen LogP contribution in [0.4, 0.5) is 5.69 Å². The quantitative estimate of drug-likeness (QED) is 0.759. The van der Waals surface area contributed by atoms with E-state index in [1.807, 2.05) is 12.1 Å². The van der Waals surface area contributed by atoms with Gasteiger partial charge in [0.1, 0.15) is 5.15 Å². The zero-order chi connectivity index (χ0) is 11.1. The molecule has 2 fully saturated rings. The molecule has 2 heterocycles. The van der Waals surface area contributed by atoms with Crippen molar-refractivity contribution in [1.82, 2.24) is 4.98 Å². The van der Waals surface area contributed by atoms with Gasteiger partial charge in [-0.05, 0) is 36.8 Å². The Bertz CT molecular complexity index is 382. The van der Waals surface area contributed by atoms with Gasteiger partial charge in [-0.3, -0.25) is 0 Å². The van der Waals surface area contributed by atoms with E-state index in [0.717, 1.165) is 13.1 Å². The highest BCUT2D eigenvalue weighted by atomic mass is 35.5. The van der Waals surface area contributed by atoms with Crippen LogP contribution in [0.15, 0.2) is 18.3 Å². The Hall–Kier alpha value is -0.800. The molecule has 3 atom stereocenters. The third-order valence-corrected chi connectivity index (χ3v) is 4.19. The highest BCUT2D eigenvalue weighted by Crippen LogP contribution is 2.37. The normalized spacial score (nSPS) is 33.1. The largest absolute Gasteiger partial charge is 0.371 e. The highest BCUT2D eigenvalue weighted by Gasteiger charge is 2.39. The predicted octanol–water partition coefficient (Wildman–Crippen LogP) is 1.91. The summed E-state index contributed by atoms with van der Waals surface area (Å²) < 4.78 is 0. The molecule has 86 valence electrons. The molecule has 1 aliphatic heterocycles. The third kappa shape index (κ3) is 1.68. The SMILES string of the molecule is NC1[C@@H]2CC[C@H]1CN(c1ccnc(Cl)c1)C2. The van der Waals surface area contributed by atoms with Crippen molar-refractivity contribution in [2.75, 3.05) is 18.0 Å². The molecule has 2 bridgehead atoms. The molecule has 0 aromatic carbocycles. The number of pyridine rings is 1. The minimum atomic E-state index is 0.411. The van der Waals surface area contributed by atoms with Gasteiger partial charge in [-0.2, -0.15) is 0 Å². The maximum atomic E-state index is 6.19. The van der Waals surface area contributed by atoms with Crippen molar-refractivity contribution in [1.29, 1.82) is 0 Å². The average Bonchev–Trinajstić information content (AvgIpc) is 2.53. The molecule has 1 saturated carbocycles. The molecule has 16 heavy (non-hydrogen) atoms. The van der Waals surface area contributed by atoms with E-state index < -0.39 is 0 Å². The van der Waals surface area contributed by atoms with Crippen molar-refractivity contribution in [3.63, 3.8) is 0 Å². The van der Waals surface area contributed by atoms with E-state index in [9.17, 15) is 0 Å². The molecule has 1 aromatic heterocycles. The van der Waals surface area contributed by atoms with Gasteiger partial charge in [0.05, 0.1) is 0 Å². The molecule has 3 nitrogen and oxygen atoms in total. The smallest absolute Gasteiger partial charge is 0.131 e. The Balaban J connectivity index is 1.83. The molecule has 2 aliphatic rings. The molecule has 1 saturated heterocycles. The maximum absolute atomic E-state index is 6.19. The lowest BCUT2D eigenvalue weighted by Gasteiger charge is -2.37. The zero-order valence-electron chi connectivity index (χ0n) is 9.14. The molecule has 1 aliphatic carbocycles. The van der Waals surface area contributed by atoms with Crippen molar-refractivity contribution in [2.45, 2.75) is 18.9 Å². The monoisotopic (exact) mass is 237 g/mol. The van der Waals surface area contributed by atoms with E-state index in [2.05, 4.69) is 9.88 Å². The lowest BCUT2D eigenvalue weighted by atomic mass is 9.93. The fourth-order valence-electron chi connectivity index (χ4n) is 3.06. The average molecular weight is 238 g/mol. The van der Waals surface area contributed by atoms with E-state index in [1.165, 1.54) is 18.5 Å². The van der Waals surface area contributed by atoms with Gasteiger partial charge in [-0.15, -0.1) is 0 Å². The summed E-state index contributed by atoms with van der Waals surface area (Å²) in [4.78, 5) is 6.42. The minimum Gasteiger partial charge on any atom is -0.371 e. The zero-order valence-corrected chi connectivity index (χ0v) is 9.90. The summed E-state index contributed by atoms with van der Waals surface area (Å²) in [5, 5.41) is 0.569. The Morgan fingerprint density at radius 3 is 2.62 bits per heavy atom. The molecule has 0 radical (unpaired) electrons. The summed E-state index contributed by atoms with van der Waals surface area (Å²) in [6.45, 7) is 2.13. The first-order chi connectivity index (χ1) is 7.74. The van der Waals surface area contributed by atoms with Crippen LogP contribution < -0.4 is 10.6 Å². The number of piperidine rings is 1. The Kier molecular flexibility index (Phi) is 2.52. The van der Waals surface area contributed by atoms with Crippen LogP contribution in [0.2, 0.25) is 5.15 Å². The van der Waals surface area contributed by atoms with Gasteiger partial charge in [0.25, 0.3) is 0 Å². The van der Waals surface area contributed by atoms with Gasteiger partial charge >= 0.3 is 0 Å². The van der Waals surface area contributed by atoms with Crippen LogP contribution in [0.25, 0.3) is 0 Å². The first kappa shape index (κ1) is 10.4. The molecule has 1 aromatic rings. The van der Waals surface area contributed by atoms with E-state index >= 15 is 0 Å². The number of halogens is 1. The molecule has 3 rings (SSSR count). The van der Waals surface area contributed by atoms with Gasteiger partial charge < -0.3 is 10.6 Å². The van der Waals surface area contributed by atoms with Gasteiger partial charge in [0, 0.05) is 31.0 Å². The summed E-state index contributed by atoms with van der Waals surface area (Å²) >= 11 is 5.92. The summed E-state index contributed by atoms with van der Waals surface area (Å²) in [5.41, 5.74) is 7.37. The van der Waals surface area contributed by atoms with Crippen molar-refractivity contribution in [2.24, 2.45) is 17.6 Å². The van der Waals surface area contributed by atoms with E-state index in [-0.39, 0.29) is 0 Å². The highest BCUT2D eigenvalue weighted by molar-refractivity contribution is 6.29. The first-order valence-corrected chi connectivity index (χ1v) is 6.24. The van der Waals surface area contributed by atoms with Crippen LogP contribution in [-0.4, -0.2) is 24.1 Å². The van der Waals surface area contributed by atoms with Crippen LogP contribution in [0.3, 0.4) is 0 Å². The molecule has 1 unspecified atom stereocenters. The van der Waals surface area contributed by atoms with E-state index in [0.29, 0.717) is 23.0 Å². The van der Waals surface area contributed by atoms with Gasteiger partial charge in [-0.25, -0.2) is 4.98 Å². The standard InChI is InChI=1S/C12H16ClN3/c13-11-5-10(3-4-15-11)16-6-8-1-2-9(7-16)12(8)14/h3-5,8-9,12H,1-2,6-7,14H2/t8-,9+,12?. The van der Waals surface area contributed by atoms with Crippen LogP contribution in [0.5, 0.6) is 0 Å². The lowest BCUT2D eigenvalue weighted by molar-refractivity contribution is 0.356. The third-order valence-electron chi connectivity index (χ3n) is 3.98. The maximum Gasteiger partial charge on any atom is 0.131 e. The second-order valence-electron chi connectivity index (χ2n) is 4.92. The number of fused-ring (bicyclic) bond motifs is 2. The number of nitrogens with two attached hydrogens (primary N) is 1. The van der Waals surface area contributed by atoms with Crippen molar-refractivity contribution >= 4 is 17.3 Å². The number of anilines is 1. The van der Waals surface area contributed by atoms with E-state index in [1.54, 1.807) is 6.20 Å². The van der Waals surface area contributed by atoms with Crippen LogP contribution in [0.1, 0.15) is 12.8 Å². The number of hydrogen-bond donors (Lipinski definition) is 1. The molecule has 0 amide bonds. The second kappa shape index (κ2) is 3.90. The summed E-state index contributed by atoms with van der Waals surface area (Å²) in [6.07, 6.45) is 4.33. The van der Waals surface area contributed by atoms with Gasteiger partial charge in [0.15, 0.2) is 0 Å². The van der Waals surface area contributed by atoms with Crippen molar-refractivity contribution in [3.8, 4) is 0 Å². The Labute approximate surface area is 101 Å². The van der Waals surface area contributed by atoms with E-state index in [4.69, 9.17) is 17.3 Å². The molecular weight excluding hydrogens is 222 g/mol. The molecule has 0 spiro atoms. The van der Waals surface area contributed by atoms with Crippen LogP contribution in [0, 0.1) is 11.8 Å². The van der Waals surface area contributed by atoms with Crippen molar-refractivity contribution < 1.29 is 0 Å².